The van der Waals surface area contributed by atoms with E-state index in [0.29, 0.717) is 24.8 Å². The molecule has 1 atom stereocenters. The highest BCUT2D eigenvalue weighted by Gasteiger charge is 2.02. The average Bonchev–Trinajstić information content (AvgIpc) is 2.34. The normalized spacial score (nSPS) is 13.4. The molecule has 0 radical (unpaired) electrons. The molecule has 0 fully saturated rings. The summed E-state index contributed by atoms with van der Waals surface area (Å²) < 4.78 is 11.0. The molecule has 1 aromatic carbocycles. The molecule has 2 N–H and O–H groups in total. The van der Waals surface area contributed by atoms with Crippen molar-refractivity contribution in [2.24, 2.45) is 10.7 Å². The maximum atomic E-state index is 11.0. The minimum Gasteiger partial charge on any atom is -0.370 e. The Kier molecular flexibility index (Phi) is 5.69. The quantitative estimate of drug-likeness (QED) is 0.624. The first-order valence-electron chi connectivity index (χ1n) is 5.44. The van der Waals surface area contributed by atoms with Crippen LogP contribution in [0.25, 0.3) is 0 Å². The maximum Gasteiger partial charge on any atom is 0.191 e. The third-order valence-electron chi connectivity index (χ3n) is 2.37. The van der Waals surface area contributed by atoms with Gasteiger partial charge in [-0.25, -0.2) is 4.99 Å². The van der Waals surface area contributed by atoms with Crippen molar-refractivity contribution in [1.82, 2.24) is 4.90 Å². The minimum atomic E-state index is -0.795. The van der Waals surface area contributed by atoms with Crippen LogP contribution in [0.5, 0.6) is 0 Å². The number of aliphatic imine (C=N–C) groups is 1. The van der Waals surface area contributed by atoms with E-state index in [1.165, 1.54) is 0 Å². The lowest BCUT2D eigenvalue weighted by molar-refractivity contribution is 0.527. The largest absolute Gasteiger partial charge is 0.370 e. The van der Waals surface area contributed by atoms with E-state index >= 15 is 0 Å². The van der Waals surface area contributed by atoms with Crippen molar-refractivity contribution in [3.05, 3.63) is 35.9 Å². The fourth-order valence-electron chi connectivity index (χ4n) is 1.26. The summed E-state index contributed by atoms with van der Waals surface area (Å²) in [7, 11) is 1.06. The molecule has 0 saturated carbocycles. The predicted octanol–water partition coefficient (Wildman–Crippen LogP) is 0.812. The second-order valence-electron chi connectivity index (χ2n) is 3.86. The molecule has 0 saturated heterocycles. The molecule has 94 valence electrons. The Hall–Kier alpha value is -1.36. The first-order chi connectivity index (χ1) is 8.09. The smallest absolute Gasteiger partial charge is 0.191 e. The Morgan fingerprint density at radius 2 is 2.06 bits per heavy atom. The lowest BCUT2D eigenvalue weighted by atomic mass is 10.2. The van der Waals surface area contributed by atoms with E-state index < -0.39 is 10.8 Å². The zero-order chi connectivity index (χ0) is 12.7. The molecule has 0 aliphatic rings. The lowest BCUT2D eigenvalue weighted by Crippen LogP contribution is -2.36. The van der Waals surface area contributed by atoms with Gasteiger partial charge >= 0.3 is 0 Å². The van der Waals surface area contributed by atoms with Gasteiger partial charge in [0.25, 0.3) is 0 Å². The van der Waals surface area contributed by atoms with Crippen molar-refractivity contribution in [1.29, 1.82) is 0 Å². The van der Waals surface area contributed by atoms with Gasteiger partial charge in [-0.2, -0.15) is 0 Å². The van der Waals surface area contributed by atoms with Crippen LogP contribution in [0.4, 0.5) is 0 Å². The lowest BCUT2D eigenvalue weighted by Gasteiger charge is -2.17. The van der Waals surface area contributed by atoms with Crippen molar-refractivity contribution in [3.8, 4) is 0 Å². The summed E-state index contributed by atoms with van der Waals surface area (Å²) in [6.07, 6.45) is 1.69. The molecule has 1 unspecified atom stereocenters. The fourth-order valence-corrected chi connectivity index (χ4v) is 1.79. The zero-order valence-corrected chi connectivity index (χ0v) is 11.1. The standard InChI is InChI=1S/C12H19N3OS/c1-15(8-9-17(2)16)12(13)14-10-11-6-4-3-5-7-11/h3-7H,8-10H2,1-2H3,(H2,13,14). The Balaban J connectivity index is 2.46. The highest BCUT2D eigenvalue weighted by Crippen LogP contribution is 2.00. The van der Waals surface area contributed by atoms with Gasteiger partial charge in [-0.1, -0.05) is 30.3 Å². The topological polar surface area (TPSA) is 58.7 Å². The van der Waals surface area contributed by atoms with E-state index in [2.05, 4.69) is 4.99 Å². The van der Waals surface area contributed by atoms with Crippen LogP contribution in [0.15, 0.2) is 35.3 Å². The molecular formula is C12H19N3OS. The van der Waals surface area contributed by atoms with Crippen molar-refractivity contribution in [2.45, 2.75) is 6.54 Å². The van der Waals surface area contributed by atoms with E-state index in [1.807, 2.05) is 42.3 Å². The van der Waals surface area contributed by atoms with Gasteiger partial charge in [0.15, 0.2) is 5.96 Å². The summed E-state index contributed by atoms with van der Waals surface area (Å²) in [5.41, 5.74) is 6.96. The van der Waals surface area contributed by atoms with Crippen LogP contribution < -0.4 is 5.73 Å². The summed E-state index contributed by atoms with van der Waals surface area (Å²) in [6, 6.07) is 9.95. The SMILES string of the molecule is CN(CCS(C)=O)C(N)=NCc1ccccc1. The third kappa shape index (κ3) is 5.49. The molecule has 1 rings (SSSR count). The minimum absolute atomic E-state index is 0.485. The second kappa shape index (κ2) is 7.06. The molecule has 0 aromatic heterocycles. The first-order valence-corrected chi connectivity index (χ1v) is 7.17. The van der Waals surface area contributed by atoms with Crippen molar-refractivity contribution >= 4 is 16.8 Å². The number of hydrogen-bond acceptors (Lipinski definition) is 2. The fraction of sp³-hybridized carbons (Fsp3) is 0.417. The summed E-state index contributed by atoms with van der Waals surface area (Å²) >= 11 is 0. The predicted molar refractivity (Wildman–Crippen MR) is 73.3 cm³/mol. The van der Waals surface area contributed by atoms with Gasteiger partial charge in [0.2, 0.25) is 0 Å². The summed E-state index contributed by atoms with van der Waals surface area (Å²) in [4.78, 5) is 6.12. The van der Waals surface area contributed by atoms with E-state index in [-0.39, 0.29) is 0 Å². The van der Waals surface area contributed by atoms with Gasteiger partial charge in [-0.3, -0.25) is 4.21 Å². The molecule has 5 heteroatoms. The van der Waals surface area contributed by atoms with Crippen LogP contribution in [0.3, 0.4) is 0 Å². The number of nitrogens with two attached hydrogens (primary N) is 1. The van der Waals surface area contributed by atoms with Gasteiger partial charge < -0.3 is 10.6 Å². The number of benzene rings is 1. The van der Waals surface area contributed by atoms with Crippen LogP contribution in [0.2, 0.25) is 0 Å². The monoisotopic (exact) mass is 253 g/mol. The summed E-state index contributed by atoms with van der Waals surface area (Å²) in [5.74, 6) is 1.09. The number of nitrogens with zero attached hydrogens (tertiary/aromatic N) is 2. The zero-order valence-electron chi connectivity index (χ0n) is 10.3. The second-order valence-corrected chi connectivity index (χ2v) is 5.41. The Morgan fingerprint density at radius 1 is 1.41 bits per heavy atom. The van der Waals surface area contributed by atoms with Crippen molar-refractivity contribution in [3.63, 3.8) is 0 Å². The average molecular weight is 253 g/mol. The van der Waals surface area contributed by atoms with E-state index in [9.17, 15) is 4.21 Å². The van der Waals surface area contributed by atoms with Gasteiger partial charge in [0.1, 0.15) is 0 Å². The van der Waals surface area contributed by atoms with Crippen LogP contribution in [0.1, 0.15) is 5.56 Å². The first kappa shape index (κ1) is 13.7. The number of hydrogen-bond donors (Lipinski definition) is 1. The molecule has 17 heavy (non-hydrogen) atoms. The van der Waals surface area contributed by atoms with Crippen LogP contribution >= 0.6 is 0 Å². The van der Waals surface area contributed by atoms with Gasteiger partial charge in [-0.05, 0) is 5.56 Å². The third-order valence-corrected chi connectivity index (χ3v) is 3.13. The molecule has 0 bridgehead atoms. The number of rotatable bonds is 5. The molecule has 0 spiro atoms. The summed E-state index contributed by atoms with van der Waals surface area (Å²) in [5, 5.41) is 0. The van der Waals surface area contributed by atoms with Gasteiger partial charge in [0, 0.05) is 36.4 Å². The summed E-state index contributed by atoms with van der Waals surface area (Å²) in [6.45, 7) is 1.24. The van der Waals surface area contributed by atoms with E-state index in [1.54, 1.807) is 6.26 Å². The molecule has 0 aliphatic heterocycles. The highest BCUT2D eigenvalue weighted by atomic mass is 32.2. The van der Waals surface area contributed by atoms with Crippen LogP contribution in [-0.4, -0.2) is 40.7 Å². The van der Waals surface area contributed by atoms with E-state index in [4.69, 9.17) is 5.73 Å². The molecule has 1 aromatic rings. The molecular weight excluding hydrogens is 234 g/mol. The Labute approximate surface area is 105 Å². The molecule has 4 nitrogen and oxygen atoms in total. The molecule has 0 heterocycles. The Bertz CT molecular complexity index is 392. The number of guanidine groups is 1. The molecule has 0 amide bonds. The van der Waals surface area contributed by atoms with Crippen molar-refractivity contribution < 1.29 is 4.21 Å². The van der Waals surface area contributed by atoms with Crippen LogP contribution in [-0.2, 0) is 17.3 Å². The van der Waals surface area contributed by atoms with Gasteiger partial charge in [-0.15, -0.1) is 0 Å². The van der Waals surface area contributed by atoms with Crippen LogP contribution in [0, 0.1) is 0 Å². The van der Waals surface area contributed by atoms with Crippen molar-refractivity contribution in [2.75, 3.05) is 25.6 Å². The maximum absolute atomic E-state index is 11.0. The van der Waals surface area contributed by atoms with Gasteiger partial charge in [0.05, 0.1) is 6.54 Å². The Morgan fingerprint density at radius 3 is 2.65 bits per heavy atom. The highest BCUT2D eigenvalue weighted by molar-refractivity contribution is 7.84. The molecule has 0 aliphatic carbocycles. The van der Waals surface area contributed by atoms with E-state index in [0.717, 1.165) is 5.56 Å².